The van der Waals surface area contributed by atoms with Gasteiger partial charge in [-0.1, -0.05) is 35.9 Å². The Hall–Kier alpha value is -1.85. The Labute approximate surface area is 144 Å². The number of para-hydroxylation sites is 1. The van der Waals surface area contributed by atoms with Crippen LogP contribution >= 0.6 is 0 Å². The summed E-state index contributed by atoms with van der Waals surface area (Å²) in [4.78, 5) is 2.70. The van der Waals surface area contributed by atoms with E-state index in [1.807, 2.05) is 44.2 Å². The number of benzene rings is 2. The van der Waals surface area contributed by atoms with Crippen molar-refractivity contribution in [1.82, 2.24) is 4.72 Å². The molecule has 5 heteroatoms. The van der Waals surface area contributed by atoms with Crippen molar-refractivity contribution in [2.45, 2.75) is 25.2 Å². The van der Waals surface area contributed by atoms with Crippen molar-refractivity contribution < 1.29 is 8.42 Å². The quantitative estimate of drug-likeness (QED) is 0.907. The van der Waals surface area contributed by atoms with Gasteiger partial charge in [-0.2, -0.15) is 0 Å². The first-order chi connectivity index (χ1) is 11.5. The Morgan fingerprint density at radius 2 is 1.88 bits per heavy atom. The van der Waals surface area contributed by atoms with Crippen LogP contribution in [0.4, 0.5) is 5.69 Å². The van der Waals surface area contributed by atoms with Gasteiger partial charge in [0.25, 0.3) is 0 Å². The van der Waals surface area contributed by atoms with Gasteiger partial charge in [0.1, 0.15) is 0 Å². The van der Waals surface area contributed by atoms with Crippen LogP contribution in [0.15, 0.2) is 53.4 Å². The Morgan fingerprint density at radius 1 is 1.12 bits per heavy atom. The highest BCUT2D eigenvalue weighted by Gasteiger charge is 2.25. The van der Waals surface area contributed by atoms with Gasteiger partial charge >= 0.3 is 0 Å². The molecule has 0 unspecified atom stereocenters. The molecule has 1 heterocycles. The molecule has 1 aliphatic rings. The lowest BCUT2D eigenvalue weighted by Crippen LogP contribution is -2.31. The lowest BCUT2D eigenvalue weighted by molar-refractivity contribution is 0.541. The number of nitrogens with one attached hydrogen (secondary N) is 1. The molecule has 0 radical (unpaired) electrons. The average Bonchev–Trinajstić information content (AvgIpc) is 3.02. The van der Waals surface area contributed by atoms with Crippen LogP contribution in [0.3, 0.4) is 0 Å². The second-order valence-electron chi connectivity index (χ2n) is 6.56. The maximum atomic E-state index is 12.5. The molecule has 1 atom stereocenters. The number of rotatable bonds is 5. The topological polar surface area (TPSA) is 49.4 Å². The Bertz CT molecular complexity index is 803. The maximum absolute atomic E-state index is 12.5. The van der Waals surface area contributed by atoms with Crippen LogP contribution in [0.1, 0.15) is 17.5 Å². The van der Waals surface area contributed by atoms with E-state index in [-0.39, 0.29) is 0 Å². The Kier molecular flexibility index (Phi) is 4.92. The smallest absolute Gasteiger partial charge is 0.240 e. The molecule has 0 aliphatic carbocycles. The molecule has 3 rings (SSSR count). The van der Waals surface area contributed by atoms with Gasteiger partial charge in [-0.3, -0.25) is 0 Å². The third-order valence-corrected chi connectivity index (χ3v) is 6.17. The number of sulfonamides is 1. The van der Waals surface area contributed by atoms with Crippen molar-refractivity contribution >= 4 is 15.7 Å². The number of anilines is 1. The molecule has 0 bridgehead atoms. The van der Waals surface area contributed by atoms with Crippen molar-refractivity contribution in [3.8, 4) is 0 Å². The van der Waals surface area contributed by atoms with Crippen LogP contribution in [0.5, 0.6) is 0 Å². The van der Waals surface area contributed by atoms with E-state index in [2.05, 4.69) is 21.8 Å². The van der Waals surface area contributed by atoms with Gasteiger partial charge < -0.3 is 4.90 Å². The van der Waals surface area contributed by atoms with Crippen LogP contribution in [-0.4, -0.2) is 28.1 Å². The monoisotopic (exact) mass is 344 g/mol. The summed E-state index contributed by atoms with van der Waals surface area (Å²) in [5.74, 6) is 0.339. The minimum atomic E-state index is -3.45. The summed E-state index contributed by atoms with van der Waals surface area (Å²) in [7, 11) is -3.45. The second-order valence-corrected chi connectivity index (χ2v) is 8.29. The van der Waals surface area contributed by atoms with Gasteiger partial charge in [-0.05, 0) is 49.9 Å². The first-order valence-corrected chi connectivity index (χ1v) is 9.81. The van der Waals surface area contributed by atoms with Crippen LogP contribution in [-0.2, 0) is 10.0 Å². The molecule has 0 amide bonds. The normalized spacial score (nSPS) is 18.1. The Balaban J connectivity index is 1.62. The van der Waals surface area contributed by atoms with Gasteiger partial charge in [-0.25, -0.2) is 13.1 Å². The van der Waals surface area contributed by atoms with Gasteiger partial charge in [-0.15, -0.1) is 0 Å². The zero-order valence-electron chi connectivity index (χ0n) is 14.2. The summed E-state index contributed by atoms with van der Waals surface area (Å²) < 4.78 is 27.9. The van der Waals surface area contributed by atoms with E-state index < -0.39 is 10.0 Å². The maximum Gasteiger partial charge on any atom is 0.240 e. The molecule has 1 saturated heterocycles. The zero-order valence-corrected chi connectivity index (χ0v) is 15.0. The molecule has 0 aromatic heterocycles. The number of aryl methyl sites for hydroxylation is 2. The molecule has 0 spiro atoms. The molecule has 1 N–H and O–H groups in total. The fraction of sp³-hybridized carbons (Fsp3) is 0.368. The fourth-order valence-electron chi connectivity index (χ4n) is 3.28. The highest BCUT2D eigenvalue weighted by Crippen LogP contribution is 2.23. The zero-order chi connectivity index (χ0) is 17.2. The molecule has 0 saturated carbocycles. The van der Waals surface area contributed by atoms with Gasteiger partial charge in [0, 0.05) is 25.3 Å². The van der Waals surface area contributed by atoms with Gasteiger partial charge in [0.15, 0.2) is 0 Å². The summed E-state index contributed by atoms with van der Waals surface area (Å²) in [6.45, 7) is 6.15. The third kappa shape index (κ3) is 3.79. The van der Waals surface area contributed by atoms with Crippen LogP contribution in [0, 0.1) is 19.8 Å². The number of hydrogen-bond donors (Lipinski definition) is 1. The molecule has 4 nitrogen and oxygen atoms in total. The SMILES string of the molecule is Cc1ccc(S(=O)(=O)NC[C@H]2CCN(c3ccccc3)C2)c(C)c1. The van der Waals surface area contributed by atoms with E-state index in [0.29, 0.717) is 17.4 Å². The molecule has 1 aliphatic heterocycles. The van der Waals surface area contributed by atoms with E-state index in [4.69, 9.17) is 0 Å². The van der Waals surface area contributed by atoms with E-state index in [0.717, 1.165) is 30.6 Å². The molecule has 24 heavy (non-hydrogen) atoms. The summed E-state index contributed by atoms with van der Waals surface area (Å²) in [6, 6.07) is 15.7. The lowest BCUT2D eigenvalue weighted by Gasteiger charge is -2.19. The van der Waals surface area contributed by atoms with Crippen molar-refractivity contribution in [3.63, 3.8) is 0 Å². The summed E-state index contributed by atoms with van der Waals surface area (Å²) in [5, 5.41) is 0. The average molecular weight is 344 g/mol. The van der Waals surface area contributed by atoms with Gasteiger partial charge in [0.05, 0.1) is 4.90 Å². The molecule has 128 valence electrons. The first kappa shape index (κ1) is 17.0. The minimum absolute atomic E-state index is 0.339. The first-order valence-electron chi connectivity index (χ1n) is 8.32. The highest BCUT2D eigenvalue weighted by atomic mass is 32.2. The van der Waals surface area contributed by atoms with Crippen molar-refractivity contribution in [2.24, 2.45) is 5.92 Å². The molecule has 1 fully saturated rings. The molecule has 2 aromatic carbocycles. The van der Waals surface area contributed by atoms with Crippen molar-refractivity contribution in [1.29, 1.82) is 0 Å². The van der Waals surface area contributed by atoms with E-state index in [9.17, 15) is 8.42 Å². The number of hydrogen-bond acceptors (Lipinski definition) is 3. The second kappa shape index (κ2) is 6.95. The standard InChI is InChI=1S/C19H24N2O2S/c1-15-8-9-19(16(2)12-15)24(22,23)20-13-17-10-11-21(14-17)18-6-4-3-5-7-18/h3-9,12,17,20H,10-11,13-14H2,1-2H3/t17-/m1/s1. The predicted molar refractivity (Wildman–Crippen MR) is 97.9 cm³/mol. The minimum Gasteiger partial charge on any atom is -0.371 e. The van der Waals surface area contributed by atoms with Crippen molar-refractivity contribution in [2.75, 3.05) is 24.5 Å². The fourth-order valence-corrected chi connectivity index (χ4v) is 4.62. The van der Waals surface area contributed by atoms with Crippen LogP contribution < -0.4 is 9.62 Å². The molecular weight excluding hydrogens is 320 g/mol. The van der Waals surface area contributed by atoms with E-state index in [1.54, 1.807) is 6.07 Å². The predicted octanol–water partition coefficient (Wildman–Crippen LogP) is 3.11. The van der Waals surface area contributed by atoms with Crippen molar-refractivity contribution in [3.05, 3.63) is 59.7 Å². The van der Waals surface area contributed by atoms with E-state index in [1.165, 1.54) is 5.69 Å². The largest absolute Gasteiger partial charge is 0.371 e. The number of nitrogens with zero attached hydrogens (tertiary/aromatic N) is 1. The summed E-state index contributed by atoms with van der Waals surface area (Å²) in [5.41, 5.74) is 3.07. The Morgan fingerprint density at radius 3 is 2.58 bits per heavy atom. The van der Waals surface area contributed by atoms with Gasteiger partial charge in [0.2, 0.25) is 10.0 Å². The molecule has 2 aromatic rings. The third-order valence-electron chi connectivity index (χ3n) is 4.59. The van der Waals surface area contributed by atoms with Crippen LogP contribution in [0.2, 0.25) is 0 Å². The summed E-state index contributed by atoms with van der Waals surface area (Å²) in [6.07, 6.45) is 1.00. The molecular formula is C19H24N2O2S. The summed E-state index contributed by atoms with van der Waals surface area (Å²) >= 11 is 0. The van der Waals surface area contributed by atoms with Crippen LogP contribution in [0.25, 0.3) is 0 Å². The highest BCUT2D eigenvalue weighted by molar-refractivity contribution is 7.89. The van der Waals surface area contributed by atoms with E-state index >= 15 is 0 Å². The lowest BCUT2D eigenvalue weighted by atomic mass is 10.1.